The van der Waals surface area contributed by atoms with Gasteiger partial charge in [-0.1, -0.05) is 0 Å². The van der Waals surface area contributed by atoms with Gasteiger partial charge in [-0.05, 0) is 95.1 Å². The summed E-state index contributed by atoms with van der Waals surface area (Å²) in [4.78, 5) is 82.0. The van der Waals surface area contributed by atoms with Gasteiger partial charge < -0.3 is 39.7 Å². The van der Waals surface area contributed by atoms with Gasteiger partial charge in [0, 0.05) is 102 Å². The minimum atomic E-state index is -0.686. The maximum Gasteiger partial charge on any atom is 0.346 e. The van der Waals surface area contributed by atoms with E-state index in [9.17, 15) is 9.59 Å². The highest BCUT2D eigenvalue weighted by atomic mass is 16.5. The van der Waals surface area contributed by atoms with Crippen molar-refractivity contribution in [2.75, 3.05) is 145 Å². The average molecular weight is 1040 g/mol. The first kappa shape index (κ1) is 51.7. The van der Waals surface area contributed by atoms with E-state index >= 15 is 0 Å². The van der Waals surface area contributed by atoms with E-state index in [4.69, 9.17) is 39.4 Å². The van der Waals surface area contributed by atoms with Crippen molar-refractivity contribution in [2.24, 2.45) is 0 Å². The predicted octanol–water partition coefficient (Wildman–Crippen LogP) is 5.18. The van der Waals surface area contributed by atoms with E-state index in [0.29, 0.717) is 134 Å². The molecule has 6 aromatic rings. The minimum absolute atomic E-state index is 0.310. The molecule has 4 aliphatic heterocycles. The fourth-order valence-electron chi connectivity index (χ4n) is 9.60. The number of hydrogen-bond donors (Lipinski definition) is 2. The molecular weight excluding hydrogens is 969 g/mol. The van der Waals surface area contributed by atoms with Crippen LogP contribution in [0, 0.1) is 0 Å². The van der Waals surface area contributed by atoms with Crippen LogP contribution in [0.25, 0.3) is 22.8 Å². The molecule has 4 aromatic heterocycles. The van der Waals surface area contributed by atoms with Crippen LogP contribution in [-0.2, 0) is 9.47 Å². The first-order chi connectivity index (χ1) is 37.1. The lowest BCUT2D eigenvalue weighted by molar-refractivity contribution is 0.122. The summed E-state index contributed by atoms with van der Waals surface area (Å²) in [5.74, 6) is 3.31. The van der Waals surface area contributed by atoms with E-state index in [2.05, 4.69) is 87.9 Å². The van der Waals surface area contributed by atoms with Crippen molar-refractivity contribution in [1.82, 2.24) is 59.9 Å². The third-order valence-electron chi connectivity index (χ3n) is 13.9. The van der Waals surface area contributed by atoms with Gasteiger partial charge in [0.15, 0.2) is 11.6 Å². The van der Waals surface area contributed by atoms with Crippen molar-refractivity contribution >= 4 is 58.6 Å². The van der Waals surface area contributed by atoms with E-state index in [-0.39, 0.29) is 0 Å². The molecule has 76 heavy (non-hydrogen) atoms. The maximum atomic E-state index is 14.9. The molecule has 0 unspecified atom stereocenters. The largest absolute Gasteiger partial charge is 0.378 e. The predicted molar refractivity (Wildman–Crippen MR) is 291 cm³/mol. The Morgan fingerprint density at radius 3 is 1.30 bits per heavy atom. The Morgan fingerprint density at radius 1 is 0.474 bits per heavy atom. The van der Waals surface area contributed by atoms with Crippen LogP contribution >= 0.6 is 0 Å². The third kappa shape index (κ3) is 12.5. The van der Waals surface area contributed by atoms with Crippen LogP contribution in [0.15, 0.2) is 85.7 Å². The van der Waals surface area contributed by atoms with Gasteiger partial charge >= 0.3 is 12.1 Å². The van der Waals surface area contributed by atoms with E-state index in [1.54, 1.807) is 30.3 Å². The van der Waals surface area contributed by atoms with E-state index < -0.39 is 12.1 Å². The Bertz CT molecular complexity index is 2660. The Balaban J connectivity index is 1.02. The van der Waals surface area contributed by atoms with Crippen molar-refractivity contribution in [3.63, 3.8) is 0 Å². The molecule has 0 saturated carbocycles. The smallest absolute Gasteiger partial charge is 0.346 e. The van der Waals surface area contributed by atoms with Crippen LogP contribution in [0.5, 0.6) is 0 Å². The molecule has 0 aliphatic carbocycles. The topological polar surface area (TPSA) is 231 Å². The van der Waals surface area contributed by atoms with E-state index in [1.165, 1.54) is 41.1 Å². The molecule has 0 atom stereocenters. The highest BCUT2D eigenvalue weighted by molar-refractivity contribution is 6.13. The number of morpholine rings is 2. The Hall–Kier alpha value is -7.80. The average Bonchev–Trinajstić information content (AvgIpc) is 3.90. The summed E-state index contributed by atoms with van der Waals surface area (Å²) >= 11 is 0. The van der Waals surface area contributed by atoms with Gasteiger partial charge in [-0.25, -0.2) is 19.6 Å². The van der Waals surface area contributed by atoms with Crippen molar-refractivity contribution in [2.45, 2.75) is 52.6 Å². The van der Waals surface area contributed by atoms with Crippen LogP contribution < -0.4 is 40.3 Å². The lowest BCUT2D eigenvalue weighted by atomic mass is 10.1. The van der Waals surface area contributed by atoms with Crippen LogP contribution in [0.3, 0.4) is 0 Å². The molecule has 4 saturated heterocycles. The number of carbonyl (C=O) groups is 2. The van der Waals surface area contributed by atoms with Gasteiger partial charge in [-0.3, -0.25) is 9.80 Å². The number of hydrogen-bond acceptors (Lipinski definition) is 20. The van der Waals surface area contributed by atoms with Gasteiger partial charge in [0.25, 0.3) is 0 Å². The number of aromatic nitrogens is 10. The van der Waals surface area contributed by atoms with Gasteiger partial charge in [0.1, 0.15) is 6.33 Å². The molecule has 4 fully saturated rings. The second-order valence-corrected chi connectivity index (χ2v) is 19.5. The highest BCUT2D eigenvalue weighted by Gasteiger charge is 2.32. The number of hydrazine groups is 1. The second-order valence-electron chi connectivity index (χ2n) is 19.5. The molecule has 10 rings (SSSR count). The van der Waals surface area contributed by atoms with Gasteiger partial charge in [0.2, 0.25) is 23.8 Å². The number of urea groups is 2. The monoisotopic (exact) mass is 1030 g/mol. The lowest BCUT2D eigenvalue weighted by Gasteiger charge is -2.34. The second kappa shape index (κ2) is 24.3. The molecule has 0 radical (unpaired) electrons. The molecule has 0 bridgehead atoms. The number of nitrogens with zero attached hydrogens (tertiary/aromatic N) is 18. The van der Waals surface area contributed by atoms with Crippen LogP contribution in [-0.4, -0.2) is 189 Å². The summed E-state index contributed by atoms with van der Waals surface area (Å²) in [7, 11) is 0. The summed E-state index contributed by atoms with van der Waals surface area (Å²) in [6.07, 6.45) is 9.17. The van der Waals surface area contributed by atoms with Crippen molar-refractivity contribution in [3.05, 3.63) is 85.7 Å². The number of amides is 4. The standard InChI is InChI=1S/C52H66N20O4/c1-37(2)65-17-5-19-67(23-21-65)47-59-45(61-49(63-47)69-25-29-75-30-26-69)39-7-11-43(12-8-39)71(51(73)57-41-15-16-55-56-35-41)72(52(74)58-42-33-53-36-54-34-42)44-13-9-40(10-14-44)46-60-48(64-50(62-46)70-27-31-76-32-28-70)68-20-6-18-66(22-24-68)38(3)4/h7-16,33-38H,5-6,17-32H2,1-4H3,(H,58,74)(H,55,57,73). The molecular formula is C52H66N20O4. The van der Waals surface area contributed by atoms with Crippen molar-refractivity contribution in [1.29, 1.82) is 0 Å². The van der Waals surface area contributed by atoms with Crippen molar-refractivity contribution < 1.29 is 19.1 Å². The normalized spacial score (nSPS) is 17.1. The van der Waals surface area contributed by atoms with E-state index in [1.807, 2.05) is 24.3 Å². The number of nitrogens with one attached hydrogen (secondary N) is 2. The number of carbonyl (C=O) groups excluding carboxylic acids is 2. The van der Waals surface area contributed by atoms with Gasteiger partial charge in [-0.2, -0.15) is 50.1 Å². The fourth-order valence-corrected chi connectivity index (χ4v) is 9.60. The Kier molecular flexibility index (Phi) is 16.5. The fraction of sp³-hybridized carbons (Fsp3) is 0.462. The summed E-state index contributed by atoms with van der Waals surface area (Å²) in [6.45, 7) is 20.7. The SMILES string of the molecule is CC(C)N1CCCN(c2nc(-c3ccc(N(C(=O)Nc4cncnc4)N(C(=O)Nc4ccnnc4)c4ccc(-c5nc(N6CCOCC6)nc(N6CCCN(C(C)C)CC6)n5)cc4)cc3)nc(N3CCOCC3)n2)CC1. The molecule has 4 aliphatic rings. The first-order valence-electron chi connectivity index (χ1n) is 26.2. The van der Waals surface area contributed by atoms with Crippen LogP contribution in [0.1, 0.15) is 40.5 Å². The zero-order valence-electron chi connectivity index (χ0n) is 43.6. The Morgan fingerprint density at radius 2 is 0.895 bits per heavy atom. The third-order valence-corrected chi connectivity index (χ3v) is 13.9. The summed E-state index contributed by atoms with van der Waals surface area (Å²) in [5, 5.41) is 16.2. The molecule has 24 nitrogen and oxygen atoms in total. The number of anilines is 8. The first-order valence-corrected chi connectivity index (χ1v) is 26.2. The molecule has 2 aromatic carbocycles. The maximum absolute atomic E-state index is 14.9. The molecule has 8 heterocycles. The zero-order chi connectivity index (χ0) is 52.4. The number of benzene rings is 2. The number of ether oxygens (including phenoxy) is 2. The van der Waals surface area contributed by atoms with Gasteiger partial charge in [-0.15, -0.1) is 0 Å². The summed E-state index contributed by atoms with van der Waals surface area (Å²) < 4.78 is 11.4. The quantitative estimate of drug-likeness (QED) is 0.150. The molecule has 2 N–H and O–H groups in total. The van der Waals surface area contributed by atoms with Gasteiger partial charge in [0.05, 0.1) is 74.0 Å². The molecule has 24 heteroatoms. The number of rotatable bonds is 12. The van der Waals surface area contributed by atoms with Crippen LogP contribution in [0.2, 0.25) is 0 Å². The zero-order valence-corrected chi connectivity index (χ0v) is 43.6. The molecule has 4 amide bonds. The molecule has 398 valence electrons. The van der Waals surface area contributed by atoms with Crippen molar-refractivity contribution in [3.8, 4) is 22.8 Å². The summed E-state index contributed by atoms with van der Waals surface area (Å²) in [6, 6.07) is 15.5. The van der Waals surface area contributed by atoms with Crippen LogP contribution in [0.4, 0.5) is 56.1 Å². The highest BCUT2D eigenvalue weighted by Crippen LogP contribution is 2.32. The van der Waals surface area contributed by atoms with E-state index in [0.717, 1.165) is 65.2 Å². The minimum Gasteiger partial charge on any atom is -0.378 e. The summed E-state index contributed by atoms with van der Waals surface area (Å²) in [5.41, 5.74) is 2.71. The Labute approximate surface area is 442 Å². The molecule has 0 spiro atoms. The lowest BCUT2D eigenvalue weighted by Crippen LogP contribution is -2.54.